The molecule has 14 atom stereocenters. The summed E-state index contributed by atoms with van der Waals surface area (Å²) < 4.78 is 0. The Morgan fingerprint density at radius 1 is 0.476 bits per heavy atom. The van der Waals surface area contributed by atoms with E-state index in [0.717, 1.165) is 13.8 Å². The molecule has 0 fully saturated rings. The SMILES string of the molecule is CC[C@H](C)[C@H](NC(=O)[C@H](CCCCN)NC(=O)[C@H](CC(N)=O)NC(=O)[C@H](C)NC(C)=O)C(=O)N[C@@H](CO)C(=O)N[C@@H](Cc1ccc(O)cc1)C(=O)N[C@@H](CCC(N)=O)C(=O)N[C@@H](CO)C(=O)N[C@@H](Cc1c[nH]c2ccccc12)C(=O)N[C@@H](CO)C(=O)N[C@H](C(=O)N[C@@H](CCC(=O)O)C(N)=O)[C@@H](C)O. The van der Waals surface area contributed by atoms with Crippen LogP contribution < -0.4 is 86.7 Å². The van der Waals surface area contributed by atoms with Crippen molar-refractivity contribution in [1.29, 1.82) is 0 Å². The number of rotatable bonds is 46. The zero-order valence-corrected chi connectivity index (χ0v) is 57.4. The molecule has 568 valence electrons. The molecule has 0 saturated carbocycles. The molecular weight excluding hydrogens is 1360 g/mol. The number of primary amides is 3. The van der Waals surface area contributed by atoms with Crippen molar-refractivity contribution in [3.8, 4) is 5.75 Å². The number of para-hydroxylation sites is 1. The van der Waals surface area contributed by atoms with Crippen LogP contribution in [0.5, 0.6) is 5.75 Å². The number of carboxylic acid groups (broad SMARTS) is 1. The Morgan fingerprint density at radius 3 is 1.42 bits per heavy atom. The van der Waals surface area contributed by atoms with Crippen molar-refractivity contribution in [2.45, 2.75) is 184 Å². The number of phenols is 1. The van der Waals surface area contributed by atoms with Crippen LogP contribution in [-0.2, 0) is 89.6 Å². The Bertz CT molecular complexity index is 3480. The molecule has 0 aliphatic heterocycles. The van der Waals surface area contributed by atoms with E-state index in [1.54, 1.807) is 38.1 Å². The van der Waals surface area contributed by atoms with Crippen LogP contribution in [0.3, 0.4) is 0 Å². The Labute approximate surface area is 590 Å². The minimum atomic E-state index is -2.01. The van der Waals surface area contributed by atoms with E-state index < -0.39 is 244 Å². The number of benzene rings is 2. The quantitative estimate of drug-likeness (QED) is 0.0234. The fourth-order valence-electron chi connectivity index (χ4n) is 10.1. The van der Waals surface area contributed by atoms with Gasteiger partial charge in [0.2, 0.25) is 88.6 Å². The molecule has 2 aromatic carbocycles. The molecule has 1 heterocycles. The number of aromatic nitrogens is 1. The highest BCUT2D eigenvalue weighted by atomic mass is 16.4. The van der Waals surface area contributed by atoms with Gasteiger partial charge in [0.25, 0.3) is 0 Å². The number of nitrogens with one attached hydrogen (secondary N) is 13. The number of aliphatic hydroxyl groups excluding tert-OH is 4. The summed E-state index contributed by atoms with van der Waals surface area (Å²) in [7, 11) is 0. The number of hydrogen-bond donors (Lipinski definition) is 23. The lowest BCUT2D eigenvalue weighted by Gasteiger charge is -2.29. The largest absolute Gasteiger partial charge is 0.508 e. The number of aromatic hydroxyl groups is 1. The second-order valence-electron chi connectivity index (χ2n) is 24.3. The molecule has 103 heavy (non-hydrogen) atoms. The molecule has 0 bridgehead atoms. The van der Waals surface area contributed by atoms with Crippen molar-refractivity contribution >= 4 is 105 Å². The van der Waals surface area contributed by atoms with E-state index in [1.165, 1.54) is 37.4 Å². The topological polar surface area (TPSA) is 659 Å². The summed E-state index contributed by atoms with van der Waals surface area (Å²) in [5, 5.41) is 89.7. The lowest BCUT2D eigenvalue weighted by molar-refractivity contribution is -0.138. The molecule has 0 unspecified atom stereocenters. The van der Waals surface area contributed by atoms with Crippen LogP contribution in [-0.4, -0.2) is 235 Å². The minimum absolute atomic E-state index is 0.0999. The van der Waals surface area contributed by atoms with Gasteiger partial charge >= 0.3 is 5.97 Å². The smallest absolute Gasteiger partial charge is 0.303 e. The van der Waals surface area contributed by atoms with Crippen LogP contribution in [0, 0.1) is 5.92 Å². The molecule has 0 radical (unpaired) electrons. The van der Waals surface area contributed by atoms with E-state index >= 15 is 0 Å². The molecule has 39 nitrogen and oxygen atoms in total. The van der Waals surface area contributed by atoms with Crippen LogP contribution in [0.15, 0.2) is 54.7 Å². The number of phenolic OH excluding ortho intramolecular Hbond substituents is 1. The lowest BCUT2D eigenvalue weighted by atomic mass is 9.97. The minimum Gasteiger partial charge on any atom is -0.508 e. The normalized spacial score (nSPS) is 15.2. The first kappa shape index (κ1) is 86.3. The Hall–Kier alpha value is -10.9. The molecule has 3 rings (SSSR count). The van der Waals surface area contributed by atoms with Gasteiger partial charge in [-0.25, -0.2) is 0 Å². The highest BCUT2D eigenvalue weighted by molar-refractivity contribution is 6.01. The van der Waals surface area contributed by atoms with Gasteiger partial charge in [-0.05, 0) is 87.7 Å². The predicted octanol–water partition coefficient (Wildman–Crippen LogP) is -8.46. The van der Waals surface area contributed by atoms with Crippen LogP contribution in [0.25, 0.3) is 10.9 Å². The van der Waals surface area contributed by atoms with Crippen molar-refractivity contribution in [2.75, 3.05) is 26.4 Å². The number of H-pyrrole nitrogens is 1. The summed E-state index contributed by atoms with van der Waals surface area (Å²) in [6.45, 7) is 3.29. The molecule has 1 aromatic heterocycles. The highest BCUT2D eigenvalue weighted by Crippen LogP contribution is 2.20. The summed E-state index contributed by atoms with van der Waals surface area (Å²) >= 11 is 0. The number of carbonyl (C=O) groups is 16. The van der Waals surface area contributed by atoms with Gasteiger partial charge in [-0.15, -0.1) is 0 Å². The third-order valence-corrected chi connectivity index (χ3v) is 16.1. The zero-order valence-electron chi connectivity index (χ0n) is 57.4. The highest BCUT2D eigenvalue weighted by Gasteiger charge is 2.39. The maximum atomic E-state index is 14.5. The number of carbonyl (C=O) groups excluding carboxylic acids is 15. The number of aliphatic hydroxyl groups is 4. The van der Waals surface area contributed by atoms with Crippen molar-refractivity contribution in [1.82, 2.24) is 68.8 Å². The molecule has 0 aliphatic rings. The molecule has 27 N–H and O–H groups in total. The average molecular weight is 1450 g/mol. The summed E-state index contributed by atoms with van der Waals surface area (Å²) in [5.41, 5.74) is 23.0. The van der Waals surface area contributed by atoms with Gasteiger partial charge in [-0.2, -0.15) is 0 Å². The molecule has 0 spiro atoms. The van der Waals surface area contributed by atoms with E-state index in [1.807, 2.05) is 0 Å². The van der Waals surface area contributed by atoms with E-state index in [2.05, 4.69) is 68.8 Å². The van der Waals surface area contributed by atoms with Crippen LogP contribution in [0.2, 0.25) is 0 Å². The summed E-state index contributed by atoms with van der Waals surface area (Å²) in [4.78, 5) is 216. The number of carboxylic acids is 1. The molecule has 39 heteroatoms. The zero-order chi connectivity index (χ0) is 77.4. The summed E-state index contributed by atoms with van der Waals surface area (Å²) in [6, 6.07) is -8.76. The monoisotopic (exact) mass is 1450 g/mol. The maximum Gasteiger partial charge on any atom is 0.303 e. The fourth-order valence-corrected chi connectivity index (χ4v) is 10.1. The Morgan fingerprint density at radius 2 is 0.913 bits per heavy atom. The fraction of sp³-hybridized carbons (Fsp3) is 0.531. The number of hydrogen-bond acceptors (Lipinski definition) is 22. The maximum absolute atomic E-state index is 14.5. The van der Waals surface area contributed by atoms with Crippen LogP contribution in [0.4, 0.5) is 0 Å². The number of nitrogens with two attached hydrogens (primary N) is 4. The lowest BCUT2D eigenvalue weighted by Crippen LogP contribution is -2.62. The third-order valence-electron chi connectivity index (χ3n) is 16.1. The first-order valence-corrected chi connectivity index (χ1v) is 32.8. The molecule has 0 aliphatic carbocycles. The van der Waals surface area contributed by atoms with Gasteiger partial charge in [0, 0.05) is 49.7 Å². The summed E-state index contributed by atoms with van der Waals surface area (Å²) in [6.07, 6.45) is -3.51. The summed E-state index contributed by atoms with van der Waals surface area (Å²) in [5.74, 6) is -18.8. The third kappa shape index (κ3) is 28.9. The van der Waals surface area contributed by atoms with E-state index in [4.69, 9.17) is 28.0 Å². The van der Waals surface area contributed by atoms with Crippen LogP contribution in [0.1, 0.15) is 104 Å². The second-order valence-corrected chi connectivity index (χ2v) is 24.3. The van der Waals surface area contributed by atoms with Crippen molar-refractivity contribution in [3.63, 3.8) is 0 Å². The molecular formula is C64H95N17O22. The van der Waals surface area contributed by atoms with Gasteiger partial charge in [0.05, 0.1) is 32.3 Å². The number of aliphatic carboxylic acids is 1. The number of unbranched alkanes of at least 4 members (excludes halogenated alkanes) is 1. The van der Waals surface area contributed by atoms with Crippen LogP contribution >= 0.6 is 0 Å². The van der Waals surface area contributed by atoms with E-state index in [0.29, 0.717) is 22.9 Å². The van der Waals surface area contributed by atoms with Crippen molar-refractivity contribution < 1.29 is 107 Å². The van der Waals surface area contributed by atoms with Crippen molar-refractivity contribution in [3.05, 3.63) is 65.9 Å². The standard InChI is InChI=1S/C64H95N17O22/c1-6-30(2)51(80-56(95)40(13-9-10-22-65)72-59(98)44(25-49(67)89)74-54(93)31(3)70-33(5)86)63(102)79-46(28-83)61(100)75-42(23-34-14-16-36(87)17-15-34)57(96)73-41(18-20-48(66)88)55(94)77-45(27-82)60(99)76-43(24-35-26-69-38-12-8-7-11-37(35)38)58(97)78-47(29-84)62(101)81-52(32(4)85)64(103)71-39(53(68)92)19-21-50(90)91/h7-8,11-12,14-17,26,30-32,39-47,51-52,69,82-85,87H,6,9-10,13,18-25,27-29,65H2,1-5H3,(H2,66,88)(H2,67,89)(H2,68,92)(H,70,86)(H,71,103)(H,72,98)(H,73,96)(H,74,93)(H,75,100)(H,76,99)(H,77,94)(H,78,97)(H,79,102)(H,80,95)(H,81,101)(H,90,91)/t30-,31-,32+,39-,40-,41-,42-,43-,44-,45-,46-,47-,51-,52-/m0/s1. The first-order chi connectivity index (χ1) is 48.6. The van der Waals surface area contributed by atoms with Gasteiger partial charge in [-0.3, -0.25) is 76.7 Å². The molecule has 0 saturated heterocycles. The van der Waals surface area contributed by atoms with Gasteiger partial charge in [-0.1, -0.05) is 50.6 Å². The van der Waals surface area contributed by atoms with Gasteiger partial charge in [0.1, 0.15) is 78.3 Å². The number of aromatic amines is 1. The van der Waals surface area contributed by atoms with Crippen molar-refractivity contribution in [2.24, 2.45) is 28.9 Å². The molecule has 3 aromatic rings. The number of fused-ring (bicyclic) bond motifs is 1. The van der Waals surface area contributed by atoms with Gasteiger partial charge < -0.3 is 122 Å². The molecule has 15 amide bonds. The average Bonchev–Trinajstić information content (AvgIpc) is 1.73. The van der Waals surface area contributed by atoms with E-state index in [9.17, 15) is 102 Å². The Balaban J connectivity index is 1.96. The van der Waals surface area contributed by atoms with E-state index in [-0.39, 0.29) is 37.1 Å². The second kappa shape index (κ2) is 43.0. The number of amides is 15. The first-order valence-electron chi connectivity index (χ1n) is 32.8. The Kier molecular flexibility index (Phi) is 36.1. The predicted molar refractivity (Wildman–Crippen MR) is 362 cm³/mol. The van der Waals surface area contributed by atoms with Gasteiger partial charge in [0.15, 0.2) is 0 Å².